The van der Waals surface area contributed by atoms with Crippen LogP contribution in [-0.2, 0) is 23.0 Å². The number of fused-ring (bicyclic) bond motifs is 2. The van der Waals surface area contributed by atoms with Gasteiger partial charge in [-0.25, -0.2) is 13.4 Å². The van der Waals surface area contributed by atoms with Crippen LogP contribution in [0.5, 0.6) is 0 Å². The predicted octanol–water partition coefficient (Wildman–Crippen LogP) is 2.54. The molecule has 0 amide bonds. The van der Waals surface area contributed by atoms with E-state index in [-0.39, 0.29) is 5.56 Å². The lowest BCUT2D eigenvalue weighted by atomic mass is 10.1. The molecule has 1 aliphatic heterocycles. The van der Waals surface area contributed by atoms with Crippen molar-refractivity contribution in [3.05, 3.63) is 45.4 Å². The highest BCUT2D eigenvalue weighted by Crippen LogP contribution is 2.25. The Bertz CT molecular complexity index is 1010. The molecule has 1 aliphatic carbocycles. The number of hydrogen-bond donors (Lipinski definition) is 1. The highest BCUT2D eigenvalue weighted by molar-refractivity contribution is 7.96. The molecular weight excluding hydrogens is 326 g/mol. The lowest BCUT2D eigenvalue weighted by molar-refractivity contribution is 0.600. The molecule has 0 saturated heterocycles. The van der Waals surface area contributed by atoms with E-state index in [1.165, 1.54) is 0 Å². The number of hydrogen-bond acceptors (Lipinski definition) is 4. The van der Waals surface area contributed by atoms with Gasteiger partial charge in [0.1, 0.15) is 5.82 Å². The molecule has 0 unspecified atom stereocenters. The number of nitrogens with one attached hydrogen (secondary N) is 1. The van der Waals surface area contributed by atoms with Crippen molar-refractivity contribution < 1.29 is 8.42 Å². The molecule has 24 heavy (non-hydrogen) atoms. The number of benzene rings is 1. The summed E-state index contributed by atoms with van der Waals surface area (Å²) < 4.78 is 29.3. The predicted molar refractivity (Wildman–Crippen MR) is 93.4 cm³/mol. The van der Waals surface area contributed by atoms with E-state index in [2.05, 4.69) is 9.71 Å². The first-order valence-electron chi connectivity index (χ1n) is 8.30. The van der Waals surface area contributed by atoms with Crippen LogP contribution in [0.4, 0.5) is 5.69 Å². The molecule has 0 fully saturated rings. The van der Waals surface area contributed by atoms with Gasteiger partial charge in [0.2, 0.25) is 0 Å². The van der Waals surface area contributed by atoms with Gasteiger partial charge in [0.15, 0.2) is 0 Å². The number of nitrogens with zero attached hydrogens (tertiary/aromatic N) is 2. The van der Waals surface area contributed by atoms with Crippen molar-refractivity contribution in [2.24, 2.45) is 0 Å². The van der Waals surface area contributed by atoms with Crippen LogP contribution in [0.25, 0.3) is 10.9 Å². The van der Waals surface area contributed by atoms with E-state index in [9.17, 15) is 13.2 Å². The van der Waals surface area contributed by atoms with E-state index in [1.807, 2.05) is 0 Å². The molecule has 0 radical (unpaired) electrons. The van der Waals surface area contributed by atoms with Crippen molar-refractivity contribution in [3.8, 4) is 0 Å². The maximum atomic E-state index is 12.6. The van der Waals surface area contributed by atoms with E-state index in [0.717, 1.165) is 37.9 Å². The number of allylic oxidation sites excluding steroid dienone is 2. The zero-order valence-corrected chi connectivity index (χ0v) is 14.1. The molecule has 2 heterocycles. The summed E-state index contributed by atoms with van der Waals surface area (Å²) in [6.45, 7) is 0.681. The molecule has 0 saturated carbocycles. The minimum atomic E-state index is -3.55. The second kappa shape index (κ2) is 5.73. The fourth-order valence-electron chi connectivity index (χ4n) is 3.42. The number of aromatic nitrogens is 2. The highest BCUT2D eigenvalue weighted by Gasteiger charge is 2.20. The van der Waals surface area contributed by atoms with Crippen LogP contribution in [-0.4, -0.2) is 18.0 Å². The van der Waals surface area contributed by atoms with Gasteiger partial charge < -0.3 is 0 Å². The second-order valence-corrected chi connectivity index (χ2v) is 8.08. The third kappa shape index (κ3) is 2.62. The van der Waals surface area contributed by atoms with Gasteiger partial charge in [-0.2, -0.15) is 0 Å². The van der Waals surface area contributed by atoms with Crippen LogP contribution in [0.2, 0.25) is 0 Å². The average molecular weight is 345 g/mol. The van der Waals surface area contributed by atoms with Gasteiger partial charge in [-0.05, 0) is 50.3 Å². The minimum Gasteiger partial charge on any atom is -0.296 e. The van der Waals surface area contributed by atoms with Crippen molar-refractivity contribution in [3.63, 3.8) is 0 Å². The number of anilines is 1. The van der Waals surface area contributed by atoms with Crippen LogP contribution in [0, 0.1) is 0 Å². The minimum absolute atomic E-state index is 0.0922. The SMILES string of the molecule is O=c1c2cc(NS(=O)(=O)C3=CCCCC3)ccc2nc2n1CCC2. The van der Waals surface area contributed by atoms with E-state index in [0.29, 0.717) is 34.5 Å². The molecule has 1 aromatic heterocycles. The first kappa shape index (κ1) is 15.4. The Balaban J connectivity index is 1.73. The Kier molecular flexibility index (Phi) is 3.68. The molecule has 2 aromatic rings. The quantitative estimate of drug-likeness (QED) is 0.927. The van der Waals surface area contributed by atoms with Gasteiger partial charge in [0.25, 0.3) is 15.6 Å². The summed E-state index contributed by atoms with van der Waals surface area (Å²) in [5, 5.41) is 0.457. The van der Waals surface area contributed by atoms with Gasteiger partial charge in [0.05, 0.1) is 15.8 Å². The smallest absolute Gasteiger partial charge is 0.261 e. The summed E-state index contributed by atoms with van der Waals surface area (Å²) in [6.07, 6.45) is 6.81. The molecule has 0 atom stereocenters. The van der Waals surface area contributed by atoms with Crippen molar-refractivity contribution >= 4 is 26.6 Å². The third-order valence-corrected chi connectivity index (χ3v) is 6.23. The molecule has 0 bridgehead atoms. The maximum absolute atomic E-state index is 12.6. The molecule has 2 aliphatic rings. The van der Waals surface area contributed by atoms with Crippen LogP contribution >= 0.6 is 0 Å². The third-order valence-electron chi connectivity index (χ3n) is 4.66. The number of aryl methyl sites for hydroxylation is 1. The van der Waals surface area contributed by atoms with Crippen molar-refractivity contribution in [2.45, 2.75) is 45.1 Å². The average Bonchev–Trinajstić information content (AvgIpc) is 3.05. The van der Waals surface area contributed by atoms with E-state index >= 15 is 0 Å². The van der Waals surface area contributed by atoms with Gasteiger partial charge in [-0.1, -0.05) is 6.08 Å². The monoisotopic (exact) mass is 345 g/mol. The normalized spacial score (nSPS) is 17.6. The van der Waals surface area contributed by atoms with E-state index in [4.69, 9.17) is 0 Å². The molecule has 0 spiro atoms. The fourth-order valence-corrected chi connectivity index (χ4v) is 4.74. The standard InChI is InChI=1S/C17H19N3O3S/c21-17-14-11-12(19-24(22,23)13-5-2-1-3-6-13)8-9-15(14)18-16-7-4-10-20(16)17/h5,8-9,11,19H,1-4,6-7,10H2. The maximum Gasteiger partial charge on any atom is 0.261 e. The summed E-state index contributed by atoms with van der Waals surface area (Å²) in [7, 11) is -3.55. The summed E-state index contributed by atoms with van der Waals surface area (Å²) in [6, 6.07) is 4.97. The highest BCUT2D eigenvalue weighted by atomic mass is 32.2. The largest absolute Gasteiger partial charge is 0.296 e. The lowest BCUT2D eigenvalue weighted by Gasteiger charge is -2.15. The summed E-state index contributed by atoms with van der Waals surface area (Å²) >= 11 is 0. The Hall–Kier alpha value is -2.15. The van der Waals surface area contributed by atoms with Gasteiger partial charge in [-0.15, -0.1) is 0 Å². The zero-order chi connectivity index (χ0) is 16.7. The van der Waals surface area contributed by atoms with Gasteiger partial charge in [0, 0.05) is 18.7 Å². The molecular formula is C17H19N3O3S. The van der Waals surface area contributed by atoms with E-state index in [1.54, 1.807) is 28.8 Å². The lowest BCUT2D eigenvalue weighted by Crippen LogP contribution is -2.21. The summed E-state index contributed by atoms with van der Waals surface area (Å²) in [5.41, 5.74) is 0.935. The molecule has 1 aromatic carbocycles. The molecule has 4 rings (SSSR count). The molecule has 7 heteroatoms. The van der Waals surface area contributed by atoms with Crippen LogP contribution in [0.15, 0.2) is 34.0 Å². The summed E-state index contributed by atoms with van der Waals surface area (Å²) in [5.74, 6) is 0.813. The molecule has 6 nitrogen and oxygen atoms in total. The molecule has 126 valence electrons. The number of rotatable bonds is 3. The topological polar surface area (TPSA) is 81.1 Å². The van der Waals surface area contributed by atoms with Crippen LogP contribution < -0.4 is 10.3 Å². The first-order valence-corrected chi connectivity index (χ1v) is 9.78. The van der Waals surface area contributed by atoms with Crippen molar-refractivity contribution in [1.82, 2.24) is 9.55 Å². The Morgan fingerprint density at radius 1 is 1.12 bits per heavy atom. The van der Waals surface area contributed by atoms with Crippen LogP contribution in [0.1, 0.15) is 37.9 Å². The Morgan fingerprint density at radius 2 is 2.00 bits per heavy atom. The Labute approximate surface area is 140 Å². The first-order chi connectivity index (χ1) is 11.5. The fraction of sp³-hybridized carbons (Fsp3) is 0.412. The second-order valence-electron chi connectivity index (χ2n) is 6.34. The van der Waals surface area contributed by atoms with Crippen molar-refractivity contribution in [1.29, 1.82) is 0 Å². The zero-order valence-electron chi connectivity index (χ0n) is 13.3. The van der Waals surface area contributed by atoms with Gasteiger partial charge >= 0.3 is 0 Å². The molecule has 1 N–H and O–H groups in total. The van der Waals surface area contributed by atoms with Gasteiger partial charge in [-0.3, -0.25) is 14.1 Å². The Morgan fingerprint density at radius 3 is 2.79 bits per heavy atom. The van der Waals surface area contributed by atoms with Crippen LogP contribution in [0.3, 0.4) is 0 Å². The van der Waals surface area contributed by atoms with Crippen molar-refractivity contribution in [2.75, 3.05) is 4.72 Å². The summed E-state index contributed by atoms with van der Waals surface area (Å²) in [4.78, 5) is 17.5. The van der Waals surface area contributed by atoms with E-state index < -0.39 is 10.0 Å². The number of sulfonamides is 1.